The van der Waals surface area contributed by atoms with Crippen LogP contribution in [0.2, 0.25) is 0 Å². The third kappa shape index (κ3) is 4.67. The number of hydrogen-bond acceptors (Lipinski definition) is 2. The number of benzene rings is 1. The maximum atomic E-state index is 11.9. The summed E-state index contributed by atoms with van der Waals surface area (Å²) >= 11 is 0. The Hall–Kier alpha value is -1.35. The van der Waals surface area contributed by atoms with Crippen LogP contribution in [-0.2, 0) is 11.3 Å². The quantitative estimate of drug-likeness (QED) is 0.828. The molecule has 3 N–H and O–H groups in total. The Bertz CT molecular complexity index is 398. The van der Waals surface area contributed by atoms with Crippen LogP contribution in [0.1, 0.15) is 51.2 Å². The molecule has 0 bridgehead atoms. The van der Waals surface area contributed by atoms with Crippen LogP contribution in [0.15, 0.2) is 24.3 Å². The first-order chi connectivity index (χ1) is 8.95. The van der Waals surface area contributed by atoms with Crippen LogP contribution in [0.3, 0.4) is 0 Å². The Kier molecular flexibility index (Phi) is 6.03. The van der Waals surface area contributed by atoms with Crippen LogP contribution < -0.4 is 11.1 Å². The molecule has 2 atom stereocenters. The molecule has 19 heavy (non-hydrogen) atoms. The zero-order chi connectivity index (χ0) is 14.4. The average molecular weight is 262 g/mol. The van der Waals surface area contributed by atoms with Crippen molar-refractivity contribution in [2.75, 3.05) is 0 Å². The fourth-order valence-corrected chi connectivity index (χ4v) is 1.84. The van der Waals surface area contributed by atoms with Gasteiger partial charge < -0.3 is 11.1 Å². The number of carbonyl (C=O) groups excluding carboxylic acids is 1. The van der Waals surface area contributed by atoms with Crippen molar-refractivity contribution in [1.29, 1.82) is 0 Å². The molecule has 1 amide bonds. The highest BCUT2D eigenvalue weighted by Gasteiger charge is 2.18. The first kappa shape index (κ1) is 15.7. The predicted molar refractivity (Wildman–Crippen MR) is 79.8 cm³/mol. The van der Waals surface area contributed by atoms with Crippen LogP contribution in [0, 0.1) is 5.92 Å². The van der Waals surface area contributed by atoms with Crippen molar-refractivity contribution in [2.24, 2.45) is 11.7 Å². The highest BCUT2D eigenvalue weighted by atomic mass is 16.2. The predicted octanol–water partition coefficient (Wildman–Crippen LogP) is 2.80. The highest BCUT2D eigenvalue weighted by molar-refractivity contribution is 5.81. The molecule has 3 nitrogen and oxygen atoms in total. The van der Waals surface area contributed by atoms with E-state index >= 15 is 0 Å². The zero-order valence-corrected chi connectivity index (χ0v) is 12.4. The van der Waals surface area contributed by atoms with Crippen molar-refractivity contribution in [3.8, 4) is 0 Å². The number of nitrogens with two attached hydrogens (primary N) is 1. The minimum atomic E-state index is -0.417. The van der Waals surface area contributed by atoms with Crippen LogP contribution >= 0.6 is 0 Å². The summed E-state index contributed by atoms with van der Waals surface area (Å²) in [6.07, 6.45) is 0.914. The number of hydrogen-bond donors (Lipinski definition) is 2. The van der Waals surface area contributed by atoms with Gasteiger partial charge in [0.1, 0.15) is 0 Å². The van der Waals surface area contributed by atoms with Crippen molar-refractivity contribution >= 4 is 5.91 Å². The number of rotatable bonds is 6. The molecule has 106 valence electrons. The number of amides is 1. The fourth-order valence-electron chi connectivity index (χ4n) is 1.84. The van der Waals surface area contributed by atoms with Crippen LogP contribution in [0.5, 0.6) is 0 Å². The van der Waals surface area contributed by atoms with Crippen molar-refractivity contribution in [3.05, 3.63) is 35.4 Å². The molecule has 0 saturated heterocycles. The third-order valence-electron chi connectivity index (χ3n) is 3.67. The number of nitrogens with one attached hydrogen (secondary N) is 1. The van der Waals surface area contributed by atoms with Crippen molar-refractivity contribution in [1.82, 2.24) is 5.32 Å². The Labute approximate surface area is 116 Å². The zero-order valence-electron chi connectivity index (χ0n) is 12.4. The van der Waals surface area contributed by atoms with E-state index in [1.165, 1.54) is 5.56 Å². The van der Waals surface area contributed by atoms with Gasteiger partial charge in [0.15, 0.2) is 0 Å². The van der Waals surface area contributed by atoms with Gasteiger partial charge in [-0.1, -0.05) is 58.4 Å². The Morgan fingerprint density at radius 2 is 1.79 bits per heavy atom. The monoisotopic (exact) mass is 262 g/mol. The van der Waals surface area contributed by atoms with Gasteiger partial charge in [-0.15, -0.1) is 0 Å². The van der Waals surface area contributed by atoms with Crippen molar-refractivity contribution < 1.29 is 4.79 Å². The largest absolute Gasteiger partial charge is 0.351 e. The molecule has 3 heteroatoms. The van der Waals surface area contributed by atoms with E-state index in [9.17, 15) is 4.79 Å². The molecule has 0 heterocycles. The van der Waals surface area contributed by atoms with Gasteiger partial charge in [0.25, 0.3) is 0 Å². The first-order valence-electron chi connectivity index (χ1n) is 7.07. The van der Waals surface area contributed by atoms with Crippen molar-refractivity contribution in [2.45, 2.75) is 52.6 Å². The minimum absolute atomic E-state index is 0.0673. The van der Waals surface area contributed by atoms with Crippen LogP contribution in [0.25, 0.3) is 0 Å². The normalized spacial score (nSPS) is 14.2. The van der Waals surface area contributed by atoms with E-state index in [0.717, 1.165) is 12.0 Å². The lowest BCUT2D eigenvalue weighted by Crippen LogP contribution is -2.44. The van der Waals surface area contributed by atoms with E-state index in [1.807, 2.05) is 13.8 Å². The topological polar surface area (TPSA) is 55.1 Å². The molecule has 0 fully saturated rings. The van der Waals surface area contributed by atoms with Crippen LogP contribution in [0.4, 0.5) is 0 Å². The lowest BCUT2D eigenvalue weighted by Gasteiger charge is -2.17. The molecule has 1 unspecified atom stereocenters. The van der Waals surface area contributed by atoms with E-state index in [-0.39, 0.29) is 11.8 Å². The second kappa shape index (κ2) is 7.29. The maximum absolute atomic E-state index is 11.9. The van der Waals surface area contributed by atoms with E-state index < -0.39 is 6.04 Å². The summed E-state index contributed by atoms with van der Waals surface area (Å²) in [4.78, 5) is 11.9. The standard InChI is InChI=1S/C16H26N2O/c1-5-12(4)15(17)16(19)18-10-13-6-8-14(9-7-13)11(2)3/h6-9,11-12,15H,5,10,17H2,1-4H3,(H,18,19)/t12?,15-/m0/s1. The smallest absolute Gasteiger partial charge is 0.237 e. The second-order valence-electron chi connectivity index (χ2n) is 5.53. The molecule has 0 saturated carbocycles. The summed E-state index contributed by atoms with van der Waals surface area (Å²) in [7, 11) is 0. The lowest BCUT2D eigenvalue weighted by molar-refractivity contribution is -0.123. The molecule has 0 radical (unpaired) electrons. The Morgan fingerprint density at radius 1 is 1.21 bits per heavy atom. The van der Waals surface area contributed by atoms with Gasteiger partial charge in [-0.25, -0.2) is 0 Å². The molecule has 0 aromatic heterocycles. The highest BCUT2D eigenvalue weighted by Crippen LogP contribution is 2.14. The molecule has 0 aliphatic rings. The van der Waals surface area contributed by atoms with E-state index in [0.29, 0.717) is 12.5 Å². The molecule has 0 spiro atoms. The van der Waals surface area contributed by atoms with Gasteiger partial charge in [0.05, 0.1) is 6.04 Å². The van der Waals surface area contributed by atoms with Gasteiger partial charge in [0.2, 0.25) is 5.91 Å². The molecular formula is C16H26N2O. The number of carbonyl (C=O) groups is 1. The molecule has 0 aliphatic carbocycles. The summed E-state index contributed by atoms with van der Waals surface area (Å²) in [6.45, 7) is 8.93. The summed E-state index contributed by atoms with van der Waals surface area (Å²) in [5.41, 5.74) is 8.30. The van der Waals surface area contributed by atoms with Gasteiger partial charge >= 0.3 is 0 Å². The summed E-state index contributed by atoms with van der Waals surface area (Å²) < 4.78 is 0. The molecule has 0 aliphatic heterocycles. The molecule has 1 rings (SSSR count). The van der Waals surface area contributed by atoms with Gasteiger partial charge in [-0.3, -0.25) is 4.79 Å². The summed E-state index contributed by atoms with van der Waals surface area (Å²) in [6, 6.07) is 7.93. The molecular weight excluding hydrogens is 236 g/mol. The van der Waals surface area contributed by atoms with Crippen LogP contribution in [-0.4, -0.2) is 11.9 Å². The molecule has 1 aromatic carbocycles. The molecule has 1 aromatic rings. The minimum Gasteiger partial charge on any atom is -0.351 e. The maximum Gasteiger partial charge on any atom is 0.237 e. The Morgan fingerprint density at radius 3 is 2.26 bits per heavy atom. The van der Waals surface area contributed by atoms with E-state index in [2.05, 4.69) is 43.4 Å². The average Bonchev–Trinajstić information content (AvgIpc) is 2.43. The van der Waals surface area contributed by atoms with Crippen molar-refractivity contribution in [3.63, 3.8) is 0 Å². The third-order valence-corrected chi connectivity index (χ3v) is 3.67. The summed E-state index contributed by atoms with van der Waals surface area (Å²) in [5, 5.41) is 2.90. The van der Waals surface area contributed by atoms with Gasteiger partial charge in [-0.2, -0.15) is 0 Å². The van der Waals surface area contributed by atoms with E-state index in [1.54, 1.807) is 0 Å². The lowest BCUT2D eigenvalue weighted by atomic mass is 9.99. The van der Waals surface area contributed by atoms with Gasteiger partial charge in [0, 0.05) is 6.54 Å². The fraction of sp³-hybridized carbons (Fsp3) is 0.562. The van der Waals surface area contributed by atoms with E-state index in [4.69, 9.17) is 5.73 Å². The SMILES string of the molecule is CCC(C)[C@H](N)C(=O)NCc1ccc(C(C)C)cc1. The second-order valence-corrected chi connectivity index (χ2v) is 5.53. The Balaban J connectivity index is 2.50. The first-order valence-corrected chi connectivity index (χ1v) is 7.07. The van der Waals surface area contributed by atoms with Gasteiger partial charge in [-0.05, 0) is 23.0 Å². The summed E-state index contributed by atoms with van der Waals surface area (Å²) in [5.74, 6) is 0.674.